The fourth-order valence-electron chi connectivity index (χ4n) is 4.35. The lowest BCUT2D eigenvalue weighted by molar-refractivity contribution is -0.131. The van der Waals surface area contributed by atoms with Gasteiger partial charge in [0.15, 0.2) is 11.5 Å². The van der Waals surface area contributed by atoms with Gasteiger partial charge in [-0.25, -0.2) is 5.01 Å². The maximum atomic E-state index is 12.2. The SMILES string of the molecule is COc1ccc([C@H]2[C@@H]3C(=NN2C(C)=O)C2CCN3CC2)cc1OC. The van der Waals surface area contributed by atoms with Crippen molar-refractivity contribution >= 4 is 11.6 Å². The molecule has 0 saturated carbocycles. The summed E-state index contributed by atoms with van der Waals surface area (Å²) in [7, 11) is 3.26. The number of hydrogen-bond acceptors (Lipinski definition) is 5. The van der Waals surface area contributed by atoms with Crippen molar-refractivity contribution in [3.8, 4) is 11.5 Å². The number of hydrogen-bond donors (Lipinski definition) is 0. The van der Waals surface area contributed by atoms with Crippen LogP contribution in [-0.4, -0.2) is 54.9 Å². The minimum atomic E-state index is -0.0830. The molecule has 0 unspecified atom stereocenters. The molecule has 0 spiro atoms. The molecule has 6 heteroatoms. The molecule has 0 radical (unpaired) electrons. The van der Waals surface area contributed by atoms with Gasteiger partial charge < -0.3 is 9.47 Å². The van der Waals surface area contributed by atoms with E-state index in [4.69, 9.17) is 14.6 Å². The van der Waals surface area contributed by atoms with Crippen molar-refractivity contribution < 1.29 is 14.3 Å². The third-order valence-corrected chi connectivity index (χ3v) is 5.50. The Labute approximate surface area is 142 Å². The summed E-state index contributed by atoms with van der Waals surface area (Å²) < 4.78 is 10.8. The normalized spacial score (nSPS) is 30.8. The second-order valence-corrected chi connectivity index (χ2v) is 6.70. The van der Waals surface area contributed by atoms with E-state index < -0.39 is 0 Å². The van der Waals surface area contributed by atoms with Gasteiger partial charge in [0.1, 0.15) is 6.04 Å². The van der Waals surface area contributed by atoms with Gasteiger partial charge in [-0.3, -0.25) is 9.69 Å². The van der Waals surface area contributed by atoms with Crippen molar-refractivity contribution in [3.63, 3.8) is 0 Å². The van der Waals surface area contributed by atoms with Gasteiger partial charge in [-0.15, -0.1) is 0 Å². The van der Waals surface area contributed by atoms with Crippen LogP contribution in [0.3, 0.4) is 0 Å². The molecule has 24 heavy (non-hydrogen) atoms. The Balaban J connectivity index is 1.77. The number of hydrazone groups is 1. The van der Waals surface area contributed by atoms with Crippen LogP contribution in [0.5, 0.6) is 11.5 Å². The Bertz CT molecular complexity index is 695. The molecular formula is C18H23N3O3. The highest BCUT2D eigenvalue weighted by atomic mass is 16.5. The molecule has 5 rings (SSSR count). The highest BCUT2D eigenvalue weighted by Gasteiger charge is 2.50. The van der Waals surface area contributed by atoms with Gasteiger partial charge in [-0.2, -0.15) is 5.10 Å². The molecule has 4 heterocycles. The molecular weight excluding hydrogens is 306 g/mol. The maximum Gasteiger partial charge on any atom is 0.240 e. The molecule has 4 aliphatic rings. The summed E-state index contributed by atoms with van der Waals surface area (Å²) >= 11 is 0. The summed E-state index contributed by atoms with van der Waals surface area (Å²) in [5.74, 6) is 1.88. The van der Waals surface area contributed by atoms with E-state index in [1.165, 1.54) is 5.71 Å². The van der Waals surface area contributed by atoms with Crippen molar-refractivity contribution in [1.29, 1.82) is 0 Å². The number of benzene rings is 1. The minimum Gasteiger partial charge on any atom is -0.493 e. The number of piperidine rings is 3. The second-order valence-electron chi connectivity index (χ2n) is 6.70. The van der Waals surface area contributed by atoms with Gasteiger partial charge in [0.05, 0.1) is 26.0 Å². The summed E-state index contributed by atoms with van der Waals surface area (Å²) in [5, 5.41) is 6.40. The first-order chi connectivity index (χ1) is 11.6. The third-order valence-electron chi connectivity index (χ3n) is 5.50. The minimum absolute atomic E-state index is 0.0164. The van der Waals surface area contributed by atoms with E-state index in [0.717, 1.165) is 31.5 Å². The van der Waals surface area contributed by atoms with E-state index in [1.54, 1.807) is 26.2 Å². The largest absolute Gasteiger partial charge is 0.493 e. The van der Waals surface area contributed by atoms with Crippen LogP contribution >= 0.6 is 0 Å². The standard InChI is InChI=1S/C18H23N3O3/c1-11(22)21-17(13-4-5-14(23-2)15(10-13)24-3)18-16(19-21)12-6-8-20(18)9-7-12/h4-5,10,12,17-18H,6-9H2,1-3H3/t17-,18-/m0/s1. The quantitative estimate of drug-likeness (QED) is 0.852. The fourth-order valence-corrected chi connectivity index (χ4v) is 4.35. The molecule has 0 N–H and O–H groups in total. The zero-order valence-corrected chi connectivity index (χ0v) is 14.4. The number of carbonyl (C=O) groups is 1. The van der Waals surface area contributed by atoms with Crippen molar-refractivity contribution in [2.45, 2.75) is 31.8 Å². The van der Waals surface area contributed by atoms with Crippen LogP contribution in [0.15, 0.2) is 23.3 Å². The van der Waals surface area contributed by atoms with Crippen LogP contribution in [0.4, 0.5) is 0 Å². The summed E-state index contributed by atoms with van der Waals surface area (Å²) in [5.41, 5.74) is 2.22. The Morgan fingerprint density at radius 2 is 1.83 bits per heavy atom. The molecule has 1 aromatic carbocycles. The fraction of sp³-hybridized carbons (Fsp3) is 0.556. The number of rotatable bonds is 3. The van der Waals surface area contributed by atoms with Gasteiger partial charge in [0.2, 0.25) is 5.91 Å². The van der Waals surface area contributed by atoms with E-state index in [0.29, 0.717) is 17.4 Å². The molecule has 3 saturated heterocycles. The predicted molar refractivity (Wildman–Crippen MR) is 90.3 cm³/mol. The van der Waals surface area contributed by atoms with E-state index in [9.17, 15) is 4.79 Å². The lowest BCUT2D eigenvalue weighted by Crippen LogP contribution is -2.56. The van der Waals surface area contributed by atoms with Crippen LogP contribution in [-0.2, 0) is 4.79 Å². The van der Waals surface area contributed by atoms with E-state index in [1.807, 2.05) is 18.2 Å². The highest BCUT2D eigenvalue weighted by molar-refractivity contribution is 5.97. The number of methoxy groups -OCH3 is 2. The Morgan fingerprint density at radius 1 is 1.12 bits per heavy atom. The van der Waals surface area contributed by atoms with E-state index in [-0.39, 0.29) is 18.0 Å². The molecule has 1 amide bonds. The molecule has 1 aromatic rings. The Hall–Kier alpha value is -2.08. The van der Waals surface area contributed by atoms with Crippen LogP contribution < -0.4 is 9.47 Å². The Morgan fingerprint density at radius 3 is 2.46 bits per heavy atom. The maximum absolute atomic E-state index is 12.2. The predicted octanol–water partition coefficient (Wildman–Crippen LogP) is 2.06. The average Bonchev–Trinajstić information content (AvgIpc) is 3.05. The summed E-state index contributed by atoms with van der Waals surface area (Å²) in [6.07, 6.45) is 2.31. The van der Waals surface area contributed by atoms with Gasteiger partial charge in [-0.05, 0) is 43.6 Å². The second kappa shape index (κ2) is 5.77. The number of amides is 1. The lowest BCUT2D eigenvalue weighted by Gasteiger charge is -2.46. The van der Waals surface area contributed by atoms with E-state index in [2.05, 4.69) is 4.90 Å². The van der Waals surface area contributed by atoms with Crippen molar-refractivity contribution in [2.75, 3.05) is 27.3 Å². The lowest BCUT2D eigenvalue weighted by atomic mass is 9.78. The van der Waals surface area contributed by atoms with Crippen molar-refractivity contribution in [3.05, 3.63) is 23.8 Å². The van der Waals surface area contributed by atoms with Crippen LogP contribution in [0.1, 0.15) is 31.4 Å². The molecule has 6 nitrogen and oxygen atoms in total. The van der Waals surface area contributed by atoms with Crippen molar-refractivity contribution in [2.24, 2.45) is 11.0 Å². The smallest absolute Gasteiger partial charge is 0.240 e. The topological polar surface area (TPSA) is 54.4 Å². The first-order valence-electron chi connectivity index (χ1n) is 8.48. The molecule has 2 atom stereocenters. The summed E-state index contributed by atoms with van der Waals surface area (Å²) in [6, 6.07) is 6.01. The number of carbonyl (C=O) groups excluding carboxylic acids is 1. The average molecular weight is 329 g/mol. The molecule has 0 aliphatic carbocycles. The first kappa shape index (κ1) is 15.4. The third kappa shape index (κ3) is 2.20. The molecule has 2 bridgehead atoms. The number of nitrogens with zero attached hydrogens (tertiary/aromatic N) is 3. The molecule has 4 aliphatic heterocycles. The van der Waals surface area contributed by atoms with Gasteiger partial charge >= 0.3 is 0 Å². The monoisotopic (exact) mass is 329 g/mol. The van der Waals surface area contributed by atoms with Crippen molar-refractivity contribution in [1.82, 2.24) is 9.91 Å². The summed E-state index contributed by atoms with van der Waals surface area (Å²) in [6.45, 7) is 3.76. The molecule has 128 valence electrons. The van der Waals surface area contributed by atoms with Crippen LogP contribution in [0.25, 0.3) is 0 Å². The molecule has 0 aromatic heterocycles. The van der Waals surface area contributed by atoms with Gasteiger partial charge in [0.25, 0.3) is 0 Å². The van der Waals surface area contributed by atoms with E-state index >= 15 is 0 Å². The van der Waals surface area contributed by atoms with Crippen LogP contribution in [0, 0.1) is 5.92 Å². The number of ether oxygens (including phenoxy) is 2. The highest BCUT2D eigenvalue weighted by Crippen LogP contribution is 2.44. The van der Waals surface area contributed by atoms with Gasteiger partial charge in [-0.1, -0.05) is 6.07 Å². The summed E-state index contributed by atoms with van der Waals surface area (Å²) in [4.78, 5) is 14.7. The Kier molecular flexibility index (Phi) is 3.72. The number of fused-ring (bicyclic) bond motifs is 2. The zero-order chi connectivity index (χ0) is 16.8. The van der Waals surface area contributed by atoms with Crippen LogP contribution in [0.2, 0.25) is 0 Å². The van der Waals surface area contributed by atoms with Gasteiger partial charge in [0, 0.05) is 12.8 Å². The molecule has 3 fully saturated rings. The first-order valence-corrected chi connectivity index (χ1v) is 8.48. The zero-order valence-electron chi connectivity index (χ0n) is 14.4.